The normalized spacial score (nSPS) is 37.7. The van der Waals surface area contributed by atoms with Crippen molar-refractivity contribution in [3.8, 4) is 0 Å². The minimum atomic E-state index is -0.228. The standard InChI is InChI=1S/C15H23ClO/c1-10-5-6-15(9-13(10)16)11(2)7-12(17)8-14(15,3)4/h12,17H,2,5-9H2,1,3-4H3/t12-,15+/m1/s1. The molecule has 17 heavy (non-hydrogen) atoms. The van der Waals surface area contributed by atoms with Crippen LogP contribution in [0.3, 0.4) is 0 Å². The summed E-state index contributed by atoms with van der Waals surface area (Å²) < 4.78 is 0. The number of allylic oxidation sites excluding steroid dienone is 2. The Morgan fingerprint density at radius 1 is 1.41 bits per heavy atom. The lowest BCUT2D eigenvalue weighted by atomic mass is 9.51. The summed E-state index contributed by atoms with van der Waals surface area (Å²) in [4.78, 5) is 0. The van der Waals surface area contributed by atoms with Gasteiger partial charge in [-0.15, -0.1) is 0 Å². The van der Waals surface area contributed by atoms with Gasteiger partial charge in [0.25, 0.3) is 0 Å². The summed E-state index contributed by atoms with van der Waals surface area (Å²) in [5.74, 6) is 0. The van der Waals surface area contributed by atoms with E-state index in [-0.39, 0.29) is 16.9 Å². The van der Waals surface area contributed by atoms with Crippen LogP contribution >= 0.6 is 11.6 Å². The average Bonchev–Trinajstić information content (AvgIpc) is 2.19. The molecule has 1 spiro atoms. The molecule has 0 unspecified atom stereocenters. The Balaban J connectivity index is 2.39. The van der Waals surface area contributed by atoms with Crippen LogP contribution in [0.15, 0.2) is 22.8 Å². The molecule has 2 aliphatic carbocycles. The van der Waals surface area contributed by atoms with Crippen molar-refractivity contribution in [2.45, 2.75) is 59.0 Å². The third-order valence-electron chi connectivity index (χ3n) is 5.05. The number of aliphatic hydroxyl groups excluding tert-OH is 1. The average molecular weight is 255 g/mol. The van der Waals surface area contributed by atoms with Gasteiger partial charge in [0.05, 0.1) is 6.10 Å². The molecule has 0 bridgehead atoms. The van der Waals surface area contributed by atoms with E-state index >= 15 is 0 Å². The summed E-state index contributed by atoms with van der Waals surface area (Å²) in [7, 11) is 0. The minimum Gasteiger partial charge on any atom is -0.393 e. The maximum absolute atomic E-state index is 9.94. The molecule has 0 aromatic heterocycles. The highest BCUT2D eigenvalue weighted by molar-refractivity contribution is 6.30. The van der Waals surface area contributed by atoms with Crippen molar-refractivity contribution in [3.05, 3.63) is 22.8 Å². The van der Waals surface area contributed by atoms with Gasteiger partial charge in [-0.1, -0.05) is 43.2 Å². The van der Waals surface area contributed by atoms with Gasteiger partial charge in [-0.2, -0.15) is 0 Å². The largest absolute Gasteiger partial charge is 0.393 e. The summed E-state index contributed by atoms with van der Waals surface area (Å²) >= 11 is 6.39. The Morgan fingerprint density at radius 3 is 2.59 bits per heavy atom. The second kappa shape index (κ2) is 4.13. The van der Waals surface area contributed by atoms with E-state index in [4.69, 9.17) is 11.6 Å². The van der Waals surface area contributed by atoms with Gasteiger partial charge >= 0.3 is 0 Å². The van der Waals surface area contributed by atoms with Gasteiger partial charge in [-0.25, -0.2) is 0 Å². The second-order valence-electron chi connectivity index (χ2n) is 6.49. The molecule has 1 N–H and O–H groups in total. The van der Waals surface area contributed by atoms with Crippen LogP contribution in [0.4, 0.5) is 0 Å². The number of aliphatic hydroxyl groups is 1. The maximum Gasteiger partial charge on any atom is 0.0582 e. The van der Waals surface area contributed by atoms with E-state index in [1.54, 1.807) is 0 Å². The first-order valence-corrected chi connectivity index (χ1v) is 6.87. The molecule has 1 fully saturated rings. The zero-order valence-corrected chi connectivity index (χ0v) is 11.9. The molecule has 0 heterocycles. The molecule has 0 aromatic carbocycles. The zero-order valence-electron chi connectivity index (χ0n) is 11.1. The van der Waals surface area contributed by atoms with Crippen LogP contribution in [-0.2, 0) is 0 Å². The first-order chi connectivity index (χ1) is 7.78. The summed E-state index contributed by atoms with van der Waals surface area (Å²) in [5, 5.41) is 11.0. The minimum absolute atomic E-state index is 0.0859. The van der Waals surface area contributed by atoms with Crippen molar-refractivity contribution in [1.82, 2.24) is 0 Å². The maximum atomic E-state index is 9.94. The predicted octanol–water partition coefficient (Wildman–Crippen LogP) is 4.41. The van der Waals surface area contributed by atoms with Gasteiger partial charge in [-0.3, -0.25) is 0 Å². The van der Waals surface area contributed by atoms with Gasteiger partial charge in [0.1, 0.15) is 0 Å². The summed E-state index contributed by atoms with van der Waals surface area (Å²) in [6, 6.07) is 0. The molecule has 0 radical (unpaired) electrons. The molecular formula is C15H23ClO. The smallest absolute Gasteiger partial charge is 0.0582 e. The van der Waals surface area contributed by atoms with Crippen LogP contribution in [0.2, 0.25) is 0 Å². The zero-order chi connectivity index (χ0) is 12.8. The van der Waals surface area contributed by atoms with Crippen LogP contribution in [0.1, 0.15) is 52.9 Å². The van der Waals surface area contributed by atoms with Crippen molar-refractivity contribution in [3.63, 3.8) is 0 Å². The summed E-state index contributed by atoms with van der Waals surface area (Å²) in [6.07, 6.45) is 4.49. The molecule has 0 aliphatic heterocycles. The number of halogens is 1. The molecule has 2 rings (SSSR count). The first kappa shape index (κ1) is 13.2. The molecular weight excluding hydrogens is 232 g/mol. The Kier molecular flexibility index (Phi) is 3.20. The van der Waals surface area contributed by atoms with Crippen LogP contribution < -0.4 is 0 Å². The Labute approximate surface area is 110 Å². The highest BCUT2D eigenvalue weighted by Crippen LogP contribution is 2.61. The Hall–Kier alpha value is -0.270. The lowest BCUT2D eigenvalue weighted by molar-refractivity contribution is -0.0103. The molecule has 1 saturated carbocycles. The third kappa shape index (κ3) is 1.98. The number of hydrogen-bond acceptors (Lipinski definition) is 1. The van der Waals surface area contributed by atoms with E-state index in [1.807, 2.05) is 0 Å². The molecule has 96 valence electrons. The van der Waals surface area contributed by atoms with Crippen molar-refractivity contribution >= 4 is 11.6 Å². The predicted molar refractivity (Wildman–Crippen MR) is 73.0 cm³/mol. The fourth-order valence-corrected chi connectivity index (χ4v) is 4.06. The van der Waals surface area contributed by atoms with Crippen LogP contribution in [0, 0.1) is 10.8 Å². The molecule has 2 atom stereocenters. The van der Waals surface area contributed by atoms with E-state index in [0.29, 0.717) is 0 Å². The highest BCUT2D eigenvalue weighted by Gasteiger charge is 2.51. The second-order valence-corrected chi connectivity index (χ2v) is 6.95. The molecule has 0 amide bonds. The number of hydrogen-bond donors (Lipinski definition) is 1. The first-order valence-electron chi connectivity index (χ1n) is 6.49. The van der Waals surface area contributed by atoms with E-state index in [1.165, 1.54) is 11.1 Å². The van der Waals surface area contributed by atoms with Crippen LogP contribution in [0.25, 0.3) is 0 Å². The van der Waals surface area contributed by atoms with E-state index in [9.17, 15) is 5.11 Å². The molecule has 2 heteroatoms. The molecule has 0 saturated heterocycles. The third-order valence-corrected chi connectivity index (χ3v) is 5.50. The Bertz CT molecular complexity index is 380. The quantitative estimate of drug-likeness (QED) is 0.635. The van der Waals surface area contributed by atoms with Gasteiger partial charge in [0.2, 0.25) is 0 Å². The lowest BCUT2D eigenvalue weighted by Gasteiger charge is -2.55. The van der Waals surface area contributed by atoms with Crippen LogP contribution in [-0.4, -0.2) is 11.2 Å². The van der Waals surface area contributed by atoms with Crippen molar-refractivity contribution < 1.29 is 5.11 Å². The van der Waals surface area contributed by atoms with Crippen molar-refractivity contribution in [1.29, 1.82) is 0 Å². The van der Waals surface area contributed by atoms with Gasteiger partial charge in [0.15, 0.2) is 0 Å². The fraction of sp³-hybridized carbons (Fsp3) is 0.733. The fourth-order valence-electron chi connectivity index (χ4n) is 3.74. The van der Waals surface area contributed by atoms with E-state index in [2.05, 4.69) is 27.4 Å². The number of rotatable bonds is 0. The van der Waals surface area contributed by atoms with Crippen LogP contribution in [0.5, 0.6) is 0 Å². The van der Waals surface area contributed by atoms with E-state index in [0.717, 1.165) is 37.1 Å². The highest BCUT2D eigenvalue weighted by atomic mass is 35.5. The molecule has 1 nitrogen and oxygen atoms in total. The monoisotopic (exact) mass is 254 g/mol. The molecule has 0 aromatic rings. The lowest BCUT2D eigenvalue weighted by Crippen LogP contribution is -2.47. The summed E-state index contributed by atoms with van der Waals surface area (Å²) in [5.41, 5.74) is 2.71. The van der Waals surface area contributed by atoms with Gasteiger partial charge < -0.3 is 5.11 Å². The van der Waals surface area contributed by atoms with Crippen molar-refractivity contribution in [2.75, 3.05) is 0 Å². The topological polar surface area (TPSA) is 20.2 Å². The summed E-state index contributed by atoms with van der Waals surface area (Å²) in [6.45, 7) is 10.9. The van der Waals surface area contributed by atoms with Gasteiger partial charge in [-0.05, 0) is 44.4 Å². The Morgan fingerprint density at radius 2 is 2.06 bits per heavy atom. The van der Waals surface area contributed by atoms with Crippen molar-refractivity contribution in [2.24, 2.45) is 10.8 Å². The molecule has 2 aliphatic rings. The van der Waals surface area contributed by atoms with E-state index < -0.39 is 0 Å². The SMILES string of the molecule is C=C1C[C@@H](O)CC(C)(C)[C@]12CCC(C)=C(Cl)C2. The van der Waals surface area contributed by atoms with Gasteiger partial charge in [0, 0.05) is 10.4 Å².